The molecule has 1 saturated carbocycles. The minimum Gasteiger partial charge on any atom is -0.502 e. The van der Waals surface area contributed by atoms with Crippen molar-refractivity contribution in [3.63, 3.8) is 0 Å². The molecule has 1 aliphatic carbocycles. The van der Waals surface area contributed by atoms with Crippen LogP contribution >= 0.6 is 0 Å². The Balaban J connectivity index is 1.29. The molecule has 264 valence electrons. The zero-order valence-corrected chi connectivity index (χ0v) is 28.8. The van der Waals surface area contributed by atoms with E-state index in [1.807, 2.05) is 12.1 Å². The van der Waals surface area contributed by atoms with Gasteiger partial charge in [-0.05, 0) is 86.1 Å². The van der Waals surface area contributed by atoms with Gasteiger partial charge in [-0.25, -0.2) is 17.6 Å². The Hall–Kier alpha value is -5.01. The quantitative estimate of drug-likeness (QED) is 0.0464. The number of carbonyl (C=O) groups is 3. The number of fused-ring (bicyclic) bond motifs is 1. The van der Waals surface area contributed by atoms with E-state index in [4.69, 9.17) is 13.9 Å². The topological polar surface area (TPSA) is 152 Å². The minimum atomic E-state index is -3.75. The lowest BCUT2D eigenvalue weighted by Crippen LogP contribution is -2.34. The summed E-state index contributed by atoms with van der Waals surface area (Å²) < 4.78 is 58.0. The molecule has 0 unspecified atom stereocenters. The molecule has 5 rings (SSSR count). The third kappa shape index (κ3) is 8.58. The van der Waals surface area contributed by atoms with E-state index in [1.165, 1.54) is 35.6 Å². The largest absolute Gasteiger partial charge is 0.502 e. The number of nitrogens with one attached hydrogen (secondary N) is 1. The number of benzene rings is 3. The van der Waals surface area contributed by atoms with Crippen LogP contribution in [0.2, 0.25) is 0 Å². The monoisotopic (exact) mass is 706 g/mol. The Morgan fingerprint density at radius 2 is 1.82 bits per heavy atom. The number of furan rings is 1. The maximum atomic E-state index is 13.7. The molecule has 1 fully saturated rings. The van der Waals surface area contributed by atoms with Crippen LogP contribution in [0.5, 0.6) is 0 Å². The fourth-order valence-corrected chi connectivity index (χ4v) is 6.61. The first kappa shape index (κ1) is 36.3. The molecule has 0 aliphatic heterocycles. The van der Waals surface area contributed by atoms with Crippen molar-refractivity contribution in [1.29, 1.82) is 0 Å². The summed E-state index contributed by atoms with van der Waals surface area (Å²) in [6.07, 6.45) is 4.86. The van der Waals surface area contributed by atoms with Gasteiger partial charge in [0.2, 0.25) is 15.8 Å². The van der Waals surface area contributed by atoms with Crippen molar-refractivity contribution >= 4 is 44.3 Å². The molecule has 3 aromatic carbocycles. The number of aliphatic hydroxyl groups excluding tert-OH is 1. The summed E-state index contributed by atoms with van der Waals surface area (Å²) >= 11 is 0. The van der Waals surface area contributed by atoms with Gasteiger partial charge in [0.25, 0.3) is 5.91 Å². The summed E-state index contributed by atoms with van der Waals surface area (Å²) in [6.45, 7) is 2.13. The highest BCUT2D eigenvalue weighted by molar-refractivity contribution is 7.92. The van der Waals surface area contributed by atoms with E-state index in [1.54, 1.807) is 31.2 Å². The lowest BCUT2D eigenvalue weighted by Gasteiger charge is -2.25. The number of esters is 1. The second-order valence-electron chi connectivity index (χ2n) is 11.9. The first-order valence-corrected chi connectivity index (χ1v) is 18.1. The van der Waals surface area contributed by atoms with Crippen LogP contribution in [0.25, 0.3) is 22.3 Å². The molecule has 0 radical (unpaired) electrons. The number of carbonyl (C=O) groups excluding carboxylic acids is 3. The van der Waals surface area contributed by atoms with Crippen LogP contribution in [-0.4, -0.2) is 70.9 Å². The normalized spacial score (nSPS) is 13.3. The van der Waals surface area contributed by atoms with Gasteiger partial charge in [-0.3, -0.25) is 13.9 Å². The van der Waals surface area contributed by atoms with E-state index in [9.17, 15) is 32.3 Å². The van der Waals surface area contributed by atoms with Crippen molar-refractivity contribution in [2.24, 2.45) is 0 Å². The summed E-state index contributed by atoms with van der Waals surface area (Å²) in [4.78, 5) is 37.2. The number of amides is 1. The number of aryl methyl sites for hydroxylation is 1. The Labute approximate surface area is 289 Å². The molecule has 11 nitrogen and oxygen atoms in total. The molecule has 0 bridgehead atoms. The number of hydrogen-bond acceptors (Lipinski definition) is 9. The molecule has 0 saturated heterocycles. The van der Waals surface area contributed by atoms with Crippen molar-refractivity contribution < 1.29 is 46.2 Å². The fraction of sp³-hybridized carbons (Fsp3) is 0.324. The van der Waals surface area contributed by atoms with Crippen LogP contribution in [0.4, 0.5) is 10.1 Å². The predicted molar refractivity (Wildman–Crippen MR) is 186 cm³/mol. The average molecular weight is 707 g/mol. The molecule has 1 aliphatic rings. The van der Waals surface area contributed by atoms with E-state index >= 15 is 0 Å². The summed E-state index contributed by atoms with van der Waals surface area (Å²) in [5.41, 5.74) is 3.51. The second kappa shape index (κ2) is 15.7. The number of allylic oxidation sites excluding steroid dienone is 1. The van der Waals surface area contributed by atoms with E-state index < -0.39 is 33.4 Å². The van der Waals surface area contributed by atoms with E-state index in [0.717, 1.165) is 36.3 Å². The number of nitrogens with zero attached hydrogens (tertiary/aromatic N) is 1. The SMILES string of the molecule is CCOC(=O)/C(O)=C/C(=O)c1cccc(CCCOCCN(c2cc3oc(-c4ccc(F)cc4)c(C(=O)NC)c3cc2C2CC2)S(C)(=O)=O)c1. The molecule has 1 aromatic heterocycles. The maximum Gasteiger partial charge on any atom is 0.373 e. The highest BCUT2D eigenvalue weighted by atomic mass is 32.2. The first-order chi connectivity index (χ1) is 23.9. The predicted octanol–water partition coefficient (Wildman–Crippen LogP) is 6.08. The standard InChI is InChI=1S/C37H39FN2O9S/c1-4-48-37(44)32(42)22-31(41)26-9-5-7-23(19-26)8-6-17-47-18-16-40(50(3,45)46)30-21-33-29(20-28(30)24-10-11-24)34(36(43)39-2)35(49-33)25-12-14-27(38)15-13-25/h5,7,9,12-15,19-22,24,42H,4,6,8,10-11,16-18H2,1-3H3,(H,39,43)/b32-22-. The van der Waals surface area contributed by atoms with Crippen LogP contribution in [-0.2, 0) is 30.7 Å². The Kier molecular flexibility index (Phi) is 11.4. The number of rotatable bonds is 16. The van der Waals surface area contributed by atoms with Crippen molar-refractivity contribution in [2.75, 3.05) is 44.0 Å². The van der Waals surface area contributed by atoms with E-state index in [2.05, 4.69) is 5.32 Å². The van der Waals surface area contributed by atoms with Gasteiger partial charge >= 0.3 is 5.97 Å². The van der Waals surface area contributed by atoms with Crippen molar-refractivity contribution in [3.8, 4) is 11.3 Å². The van der Waals surface area contributed by atoms with Gasteiger partial charge < -0.3 is 24.3 Å². The Bertz CT molecular complexity index is 2030. The number of ketones is 1. The van der Waals surface area contributed by atoms with Gasteiger partial charge in [0, 0.05) is 42.3 Å². The molecule has 13 heteroatoms. The molecule has 0 atom stereocenters. The smallest absolute Gasteiger partial charge is 0.373 e. The molecule has 2 N–H and O–H groups in total. The second-order valence-corrected chi connectivity index (χ2v) is 13.8. The number of aliphatic hydroxyl groups is 1. The lowest BCUT2D eigenvalue weighted by molar-refractivity contribution is -0.141. The maximum absolute atomic E-state index is 13.7. The molecule has 4 aromatic rings. The third-order valence-corrected chi connectivity index (χ3v) is 9.42. The highest BCUT2D eigenvalue weighted by Crippen LogP contribution is 2.48. The lowest BCUT2D eigenvalue weighted by atomic mass is 10.0. The highest BCUT2D eigenvalue weighted by Gasteiger charge is 2.33. The van der Waals surface area contributed by atoms with Crippen LogP contribution < -0.4 is 9.62 Å². The zero-order valence-electron chi connectivity index (χ0n) is 28.0. The number of ether oxygens (including phenoxy) is 2. The number of anilines is 1. The van der Waals surface area contributed by atoms with Gasteiger partial charge in [-0.2, -0.15) is 0 Å². The number of sulfonamides is 1. The van der Waals surface area contributed by atoms with Gasteiger partial charge in [0.1, 0.15) is 17.2 Å². The van der Waals surface area contributed by atoms with Crippen LogP contribution in [0.3, 0.4) is 0 Å². The third-order valence-electron chi connectivity index (χ3n) is 8.24. The van der Waals surface area contributed by atoms with Crippen molar-refractivity contribution in [3.05, 3.63) is 101 Å². The number of hydrogen-bond donors (Lipinski definition) is 2. The summed E-state index contributed by atoms with van der Waals surface area (Å²) in [6, 6.07) is 15.9. The van der Waals surface area contributed by atoms with Gasteiger partial charge in [-0.15, -0.1) is 0 Å². The Morgan fingerprint density at radius 3 is 2.48 bits per heavy atom. The van der Waals surface area contributed by atoms with Crippen LogP contribution in [0, 0.1) is 5.82 Å². The van der Waals surface area contributed by atoms with E-state index in [-0.39, 0.29) is 42.9 Å². The summed E-state index contributed by atoms with van der Waals surface area (Å²) in [5.74, 6) is -2.71. The molecule has 50 heavy (non-hydrogen) atoms. The average Bonchev–Trinajstić information content (AvgIpc) is 3.87. The van der Waals surface area contributed by atoms with Gasteiger partial charge in [0.05, 0.1) is 37.3 Å². The minimum absolute atomic E-state index is 0.0399. The van der Waals surface area contributed by atoms with Crippen molar-refractivity contribution in [1.82, 2.24) is 5.32 Å². The van der Waals surface area contributed by atoms with Gasteiger partial charge in [-0.1, -0.05) is 18.2 Å². The van der Waals surface area contributed by atoms with Crippen LogP contribution in [0.1, 0.15) is 63.9 Å². The molecule has 1 heterocycles. The molecule has 0 spiro atoms. The number of halogens is 1. The summed E-state index contributed by atoms with van der Waals surface area (Å²) in [7, 11) is -2.25. The fourth-order valence-electron chi connectivity index (χ4n) is 5.69. The Morgan fingerprint density at radius 1 is 1.08 bits per heavy atom. The van der Waals surface area contributed by atoms with Crippen LogP contribution in [0.15, 0.2) is 76.9 Å². The zero-order chi connectivity index (χ0) is 36.0. The first-order valence-electron chi connectivity index (χ1n) is 16.3. The molecule has 1 amide bonds. The van der Waals surface area contributed by atoms with Gasteiger partial charge in [0.15, 0.2) is 5.78 Å². The van der Waals surface area contributed by atoms with Crippen molar-refractivity contribution in [2.45, 2.75) is 38.5 Å². The molecular formula is C37H39FN2O9S. The summed E-state index contributed by atoms with van der Waals surface area (Å²) in [5, 5.41) is 13.0. The van der Waals surface area contributed by atoms with E-state index in [0.29, 0.717) is 47.2 Å². The molecular weight excluding hydrogens is 667 g/mol.